The number of aromatic carboxylic acids is 1. The maximum Gasteiger partial charge on any atom is 0.337 e. The van der Waals surface area contributed by atoms with E-state index >= 15 is 0 Å². The molecule has 1 unspecified atom stereocenters. The summed E-state index contributed by atoms with van der Waals surface area (Å²) >= 11 is 0. The van der Waals surface area contributed by atoms with E-state index in [2.05, 4.69) is 16.0 Å². The van der Waals surface area contributed by atoms with E-state index in [0.717, 1.165) is 0 Å². The number of hydrogen-bond acceptors (Lipinski definition) is 3. The number of nitrogens with one attached hydrogen (secondary N) is 3. The Labute approximate surface area is 122 Å². The number of amides is 3. The summed E-state index contributed by atoms with van der Waals surface area (Å²) < 4.78 is 0. The fourth-order valence-electron chi connectivity index (χ4n) is 1.75. The van der Waals surface area contributed by atoms with E-state index < -0.39 is 18.0 Å². The van der Waals surface area contributed by atoms with E-state index in [1.54, 1.807) is 32.9 Å². The second-order valence-corrected chi connectivity index (χ2v) is 4.52. The summed E-state index contributed by atoms with van der Waals surface area (Å²) in [6.07, 6.45) is 0. The molecule has 3 amide bonds. The third-order valence-corrected chi connectivity index (χ3v) is 2.83. The molecule has 0 fully saturated rings. The van der Waals surface area contributed by atoms with Crippen molar-refractivity contribution in [3.8, 4) is 0 Å². The minimum absolute atomic E-state index is 0.00388. The van der Waals surface area contributed by atoms with Crippen LogP contribution >= 0.6 is 0 Å². The number of para-hydroxylation sites is 1. The highest BCUT2D eigenvalue weighted by atomic mass is 16.4. The Morgan fingerprint density at radius 1 is 1.29 bits per heavy atom. The van der Waals surface area contributed by atoms with Gasteiger partial charge in [-0.15, -0.1) is 0 Å². The predicted molar refractivity (Wildman–Crippen MR) is 78.4 cm³/mol. The topological polar surface area (TPSA) is 108 Å². The molecule has 0 saturated carbocycles. The van der Waals surface area contributed by atoms with Crippen LogP contribution in [0.25, 0.3) is 0 Å². The number of urea groups is 1. The molecule has 0 saturated heterocycles. The van der Waals surface area contributed by atoms with Crippen molar-refractivity contribution in [3.63, 3.8) is 0 Å². The fourth-order valence-corrected chi connectivity index (χ4v) is 1.75. The molecule has 1 aromatic rings. The summed E-state index contributed by atoms with van der Waals surface area (Å²) in [4.78, 5) is 34.5. The molecule has 0 heterocycles. The standard InChI is InChI=1S/C14H19N3O4/c1-4-15-12(18)9(3)16-14(21)17-11-8(2)6-5-7-10(11)13(19)20/h5-7,9H,4H2,1-3H3,(H,15,18)(H,19,20)(H2,16,17,21). The third-order valence-electron chi connectivity index (χ3n) is 2.83. The van der Waals surface area contributed by atoms with Crippen molar-refractivity contribution in [2.24, 2.45) is 0 Å². The van der Waals surface area contributed by atoms with E-state index in [9.17, 15) is 14.4 Å². The molecule has 7 nitrogen and oxygen atoms in total. The normalized spacial score (nSPS) is 11.4. The molecule has 0 bridgehead atoms. The molecule has 0 aromatic heterocycles. The first-order valence-electron chi connectivity index (χ1n) is 6.55. The molecule has 7 heteroatoms. The summed E-state index contributed by atoms with van der Waals surface area (Å²) in [5.41, 5.74) is 0.831. The first-order chi connectivity index (χ1) is 9.86. The molecule has 1 atom stereocenters. The van der Waals surface area contributed by atoms with Crippen molar-refractivity contribution in [1.29, 1.82) is 0 Å². The number of aryl methyl sites for hydroxylation is 1. The van der Waals surface area contributed by atoms with Gasteiger partial charge in [0.15, 0.2) is 0 Å². The van der Waals surface area contributed by atoms with Crippen LogP contribution in [-0.2, 0) is 4.79 Å². The van der Waals surface area contributed by atoms with E-state index in [0.29, 0.717) is 12.1 Å². The van der Waals surface area contributed by atoms with Gasteiger partial charge in [-0.25, -0.2) is 9.59 Å². The van der Waals surface area contributed by atoms with Gasteiger partial charge < -0.3 is 21.1 Å². The van der Waals surface area contributed by atoms with Gasteiger partial charge in [0.05, 0.1) is 11.3 Å². The lowest BCUT2D eigenvalue weighted by Gasteiger charge is -2.16. The Balaban J connectivity index is 2.80. The zero-order valence-corrected chi connectivity index (χ0v) is 12.2. The van der Waals surface area contributed by atoms with Gasteiger partial charge in [-0.2, -0.15) is 0 Å². The Morgan fingerprint density at radius 2 is 1.95 bits per heavy atom. The zero-order chi connectivity index (χ0) is 16.0. The van der Waals surface area contributed by atoms with Gasteiger partial charge >= 0.3 is 12.0 Å². The van der Waals surface area contributed by atoms with Crippen molar-refractivity contribution in [2.75, 3.05) is 11.9 Å². The van der Waals surface area contributed by atoms with E-state index in [1.807, 2.05) is 0 Å². The number of benzene rings is 1. The van der Waals surface area contributed by atoms with E-state index in [1.165, 1.54) is 6.07 Å². The second kappa shape index (κ2) is 7.28. The molecular formula is C14H19N3O4. The summed E-state index contributed by atoms with van der Waals surface area (Å²) in [6.45, 7) is 5.47. The van der Waals surface area contributed by atoms with Crippen molar-refractivity contribution >= 4 is 23.6 Å². The van der Waals surface area contributed by atoms with Crippen molar-refractivity contribution in [2.45, 2.75) is 26.8 Å². The molecule has 4 N–H and O–H groups in total. The van der Waals surface area contributed by atoms with E-state index in [-0.39, 0.29) is 17.2 Å². The van der Waals surface area contributed by atoms with Crippen LogP contribution in [0.3, 0.4) is 0 Å². The summed E-state index contributed by atoms with van der Waals surface area (Å²) in [6, 6.07) is 3.33. The van der Waals surface area contributed by atoms with Gasteiger partial charge in [0.2, 0.25) is 5.91 Å². The number of anilines is 1. The summed E-state index contributed by atoms with van der Waals surface area (Å²) in [5.74, 6) is -1.44. The molecule has 0 spiro atoms. The van der Waals surface area contributed by atoms with Gasteiger partial charge in [-0.05, 0) is 32.4 Å². The number of carboxylic acid groups (broad SMARTS) is 1. The van der Waals surface area contributed by atoms with Crippen LogP contribution in [0.2, 0.25) is 0 Å². The number of carbonyl (C=O) groups is 3. The molecule has 0 aliphatic heterocycles. The third kappa shape index (κ3) is 4.48. The average Bonchev–Trinajstić information content (AvgIpc) is 2.40. The number of rotatable bonds is 5. The SMILES string of the molecule is CCNC(=O)C(C)NC(=O)Nc1c(C)cccc1C(=O)O. The monoisotopic (exact) mass is 293 g/mol. The molecule has 21 heavy (non-hydrogen) atoms. The summed E-state index contributed by atoms with van der Waals surface area (Å²) in [7, 11) is 0. The molecule has 1 rings (SSSR count). The smallest absolute Gasteiger partial charge is 0.337 e. The first-order valence-corrected chi connectivity index (χ1v) is 6.55. The maximum atomic E-state index is 11.9. The minimum atomic E-state index is -1.13. The molecular weight excluding hydrogens is 274 g/mol. The van der Waals surface area contributed by atoms with Crippen LogP contribution in [0.4, 0.5) is 10.5 Å². The van der Waals surface area contributed by atoms with Gasteiger partial charge in [0, 0.05) is 6.54 Å². The van der Waals surface area contributed by atoms with Crippen LogP contribution in [0.1, 0.15) is 29.8 Å². The van der Waals surface area contributed by atoms with Gasteiger partial charge in [-0.1, -0.05) is 12.1 Å². The average molecular weight is 293 g/mol. The largest absolute Gasteiger partial charge is 0.478 e. The lowest BCUT2D eigenvalue weighted by atomic mass is 10.1. The second-order valence-electron chi connectivity index (χ2n) is 4.52. The highest BCUT2D eigenvalue weighted by Crippen LogP contribution is 2.20. The van der Waals surface area contributed by atoms with Gasteiger partial charge in [-0.3, -0.25) is 4.79 Å². The number of carbonyl (C=O) groups excluding carboxylic acids is 2. The quantitative estimate of drug-likeness (QED) is 0.657. The lowest BCUT2D eigenvalue weighted by Crippen LogP contribution is -2.46. The van der Waals surface area contributed by atoms with E-state index in [4.69, 9.17) is 5.11 Å². The Kier molecular flexibility index (Phi) is 5.71. The molecule has 0 aliphatic rings. The number of carboxylic acids is 1. The molecule has 1 aromatic carbocycles. The van der Waals surface area contributed by atoms with Gasteiger partial charge in [0.25, 0.3) is 0 Å². The Bertz CT molecular complexity index is 557. The predicted octanol–water partition coefficient (Wildman–Crippen LogP) is 1.34. The fraction of sp³-hybridized carbons (Fsp3) is 0.357. The Hall–Kier alpha value is -2.57. The maximum absolute atomic E-state index is 11.9. The highest BCUT2D eigenvalue weighted by molar-refractivity contribution is 6.01. The molecule has 0 radical (unpaired) electrons. The lowest BCUT2D eigenvalue weighted by molar-refractivity contribution is -0.122. The zero-order valence-electron chi connectivity index (χ0n) is 12.2. The van der Waals surface area contributed by atoms with Crippen molar-refractivity contribution < 1.29 is 19.5 Å². The number of hydrogen-bond donors (Lipinski definition) is 4. The highest BCUT2D eigenvalue weighted by Gasteiger charge is 2.18. The van der Waals surface area contributed by atoms with Crippen LogP contribution in [0.15, 0.2) is 18.2 Å². The summed E-state index contributed by atoms with van der Waals surface area (Å²) in [5, 5.41) is 16.6. The number of likely N-dealkylation sites (N-methyl/N-ethyl adjacent to an activating group) is 1. The van der Waals surface area contributed by atoms with Crippen molar-refractivity contribution in [3.05, 3.63) is 29.3 Å². The van der Waals surface area contributed by atoms with Crippen LogP contribution in [0, 0.1) is 6.92 Å². The van der Waals surface area contributed by atoms with Crippen LogP contribution in [0.5, 0.6) is 0 Å². The van der Waals surface area contributed by atoms with Crippen molar-refractivity contribution in [1.82, 2.24) is 10.6 Å². The van der Waals surface area contributed by atoms with Crippen LogP contribution in [-0.4, -0.2) is 35.6 Å². The minimum Gasteiger partial charge on any atom is -0.478 e. The van der Waals surface area contributed by atoms with Gasteiger partial charge in [0.1, 0.15) is 6.04 Å². The van der Waals surface area contributed by atoms with Crippen LogP contribution < -0.4 is 16.0 Å². The Morgan fingerprint density at radius 3 is 2.52 bits per heavy atom. The molecule has 0 aliphatic carbocycles. The first kappa shape index (κ1) is 16.5. The molecule has 114 valence electrons.